The van der Waals surface area contributed by atoms with Crippen LogP contribution in [0.15, 0.2) is 45.8 Å². The molecule has 4 N–H and O–H groups in total. The third-order valence-electron chi connectivity index (χ3n) is 9.48. The Hall–Kier alpha value is -4.24. The summed E-state index contributed by atoms with van der Waals surface area (Å²) in [5.41, 5.74) is 7.69. The second-order valence-electron chi connectivity index (χ2n) is 14.9. The lowest BCUT2D eigenvalue weighted by atomic mass is 10.1. The summed E-state index contributed by atoms with van der Waals surface area (Å²) in [5.74, 6) is -1.29. The molecule has 0 aliphatic carbocycles. The van der Waals surface area contributed by atoms with Gasteiger partial charge in [0.15, 0.2) is 0 Å². The molecule has 23 heteroatoms. The molecule has 0 atom stereocenters. The highest BCUT2D eigenvalue weighted by Gasteiger charge is 2.26. The van der Waals surface area contributed by atoms with E-state index in [-0.39, 0.29) is 62.5 Å². The van der Waals surface area contributed by atoms with Gasteiger partial charge in [-0.25, -0.2) is 18.1 Å². The van der Waals surface area contributed by atoms with Crippen LogP contribution in [0.4, 0.5) is 5.69 Å². The summed E-state index contributed by atoms with van der Waals surface area (Å²) in [6, 6.07) is 4.58. The van der Waals surface area contributed by atoms with E-state index >= 15 is 0 Å². The number of fused-ring (bicyclic) bond motifs is 1. The van der Waals surface area contributed by atoms with E-state index in [1.807, 2.05) is 18.7 Å². The fourth-order valence-electron chi connectivity index (χ4n) is 6.19. The maximum Gasteiger partial charge on any atom is 0.254 e. The predicted molar refractivity (Wildman–Crippen MR) is 250 cm³/mol. The monoisotopic (exact) mass is 984 g/mol. The number of nitrogens with zero attached hydrogens (tertiary/aromatic N) is 3. The van der Waals surface area contributed by atoms with Crippen molar-refractivity contribution >= 4 is 51.3 Å². The number of sulfonamides is 1. The number of rotatable bonds is 42. The average molecular weight is 985 g/mol. The van der Waals surface area contributed by atoms with Gasteiger partial charge in [-0.3, -0.25) is 24.1 Å². The molecule has 0 fully saturated rings. The first kappa shape index (κ1) is 58.1. The van der Waals surface area contributed by atoms with Gasteiger partial charge in [-0.1, -0.05) is 19.9 Å². The number of nitrogens with two attached hydrogens (primary N) is 1. The van der Waals surface area contributed by atoms with Gasteiger partial charge in [-0.2, -0.15) is 0 Å². The van der Waals surface area contributed by atoms with E-state index in [1.165, 1.54) is 12.1 Å². The summed E-state index contributed by atoms with van der Waals surface area (Å²) in [7, 11) is -3.85. The van der Waals surface area contributed by atoms with E-state index in [0.717, 1.165) is 29.9 Å². The molecule has 3 rings (SSSR count). The third-order valence-corrected chi connectivity index (χ3v) is 10.9. The number of imide groups is 1. The number of nitrogens with one attached hydrogen (secondary N) is 2. The maximum absolute atomic E-state index is 13.2. The molecule has 0 saturated carbocycles. The van der Waals surface area contributed by atoms with Crippen LogP contribution < -0.4 is 15.8 Å². The zero-order valence-corrected chi connectivity index (χ0v) is 40.4. The van der Waals surface area contributed by atoms with Gasteiger partial charge in [-0.15, -0.1) is 0 Å². The van der Waals surface area contributed by atoms with Gasteiger partial charge in [0.05, 0.1) is 143 Å². The first-order valence-electron chi connectivity index (χ1n) is 23.1. The second kappa shape index (κ2) is 35.8. The van der Waals surface area contributed by atoms with Crippen LogP contribution >= 0.6 is 0 Å². The Bertz CT molecular complexity index is 1830. The van der Waals surface area contributed by atoms with E-state index in [9.17, 15) is 27.6 Å². The van der Waals surface area contributed by atoms with Crippen molar-refractivity contribution in [1.29, 1.82) is 0 Å². The van der Waals surface area contributed by atoms with E-state index in [1.54, 1.807) is 12.1 Å². The first-order valence-corrected chi connectivity index (χ1v) is 24.6. The molecule has 0 spiro atoms. The minimum atomic E-state index is -3.85. The number of aliphatic imine (C=N–C) groups is 1. The van der Waals surface area contributed by atoms with E-state index in [2.05, 4.69) is 15.0 Å². The Morgan fingerprint density at radius 2 is 1.06 bits per heavy atom. The van der Waals surface area contributed by atoms with Gasteiger partial charge in [0.2, 0.25) is 21.8 Å². The molecule has 0 aromatic heterocycles. The highest BCUT2D eigenvalue weighted by molar-refractivity contribution is 7.89. The molecule has 2 aliphatic heterocycles. The number of amidine groups is 1. The largest absolute Gasteiger partial charge is 0.387 e. The average Bonchev–Trinajstić information content (AvgIpc) is 3.52. The molecule has 0 radical (unpaired) electrons. The lowest BCUT2D eigenvalue weighted by Crippen LogP contribution is -2.41. The number of amides is 4. The number of hydrogen-bond donors (Lipinski definition) is 3. The van der Waals surface area contributed by atoms with E-state index in [0.29, 0.717) is 142 Å². The zero-order chi connectivity index (χ0) is 49.1. The van der Waals surface area contributed by atoms with Gasteiger partial charge in [0.25, 0.3) is 11.8 Å². The van der Waals surface area contributed by atoms with Gasteiger partial charge in [0.1, 0.15) is 12.4 Å². The third kappa shape index (κ3) is 24.9. The van der Waals surface area contributed by atoms with Crippen LogP contribution in [0.3, 0.4) is 0 Å². The van der Waals surface area contributed by atoms with Crippen molar-refractivity contribution in [2.75, 3.05) is 165 Å². The lowest BCUT2D eigenvalue weighted by Gasteiger charge is -2.22. The molecule has 0 unspecified atom stereocenters. The normalized spacial score (nSPS) is 13.7. The molecule has 1 aromatic carbocycles. The van der Waals surface area contributed by atoms with Gasteiger partial charge >= 0.3 is 0 Å². The Kier molecular flexibility index (Phi) is 30.6. The molecule has 0 bridgehead atoms. The van der Waals surface area contributed by atoms with Gasteiger partial charge < -0.3 is 63.3 Å². The van der Waals surface area contributed by atoms with Crippen molar-refractivity contribution < 1.29 is 75.0 Å². The molecular formula is C45H72N6O16S. The van der Waals surface area contributed by atoms with Crippen LogP contribution in [0.25, 0.3) is 6.08 Å². The summed E-state index contributed by atoms with van der Waals surface area (Å²) in [4.78, 5) is 55.1. The Morgan fingerprint density at radius 1 is 0.647 bits per heavy atom. The number of benzene rings is 1. The van der Waals surface area contributed by atoms with Crippen LogP contribution in [0, 0.1) is 0 Å². The van der Waals surface area contributed by atoms with Gasteiger partial charge in [0, 0.05) is 55.9 Å². The molecule has 1 aromatic rings. The van der Waals surface area contributed by atoms with Gasteiger partial charge in [-0.05, 0) is 31.1 Å². The summed E-state index contributed by atoms with van der Waals surface area (Å²) in [6.07, 6.45) is 5.87. The molecule has 384 valence electrons. The van der Waals surface area contributed by atoms with Crippen LogP contribution in [0.1, 0.15) is 38.7 Å². The molecule has 2 aliphatic rings. The summed E-state index contributed by atoms with van der Waals surface area (Å²) in [6.45, 7) is 13.0. The minimum Gasteiger partial charge on any atom is -0.387 e. The minimum absolute atomic E-state index is 0.0367. The highest BCUT2D eigenvalue weighted by Crippen LogP contribution is 2.30. The van der Waals surface area contributed by atoms with Crippen molar-refractivity contribution in [3.05, 3.63) is 41.5 Å². The predicted octanol–water partition coefficient (Wildman–Crippen LogP) is 0.597. The number of carbonyl (C=O) groups excluding carboxylic acids is 4. The van der Waals surface area contributed by atoms with Crippen LogP contribution in [-0.2, 0) is 76.6 Å². The Morgan fingerprint density at radius 3 is 1.49 bits per heavy atom. The quantitative estimate of drug-likeness (QED) is 0.0598. The van der Waals surface area contributed by atoms with Crippen LogP contribution in [0.5, 0.6) is 0 Å². The summed E-state index contributed by atoms with van der Waals surface area (Å²) in [5, 5.41) is 2.59. The molecule has 22 nitrogen and oxygen atoms in total. The second-order valence-corrected chi connectivity index (χ2v) is 16.7. The van der Waals surface area contributed by atoms with Crippen molar-refractivity contribution in [3.63, 3.8) is 0 Å². The van der Waals surface area contributed by atoms with E-state index < -0.39 is 27.7 Å². The standard InChI is InChI=1S/C45H72N6O16S/c1-3-11-50(12-4-2)45(55)38-33-37-5-6-39(35-40(37)49-41(46)34-38)68(56,57)48-10-14-59-16-18-61-20-22-63-24-26-65-28-30-67-32-31-66-29-27-64-25-23-62-21-19-60-17-15-58-13-9-47-42(52)36-51-43(53)7-8-44(51)54/h5-8,33,35,48H,3-4,9-32,34,36H2,1-2H3,(H2,46,49)(H,47,52). The van der Waals surface area contributed by atoms with Crippen molar-refractivity contribution in [2.24, 2.45) is 10.7 Å². The highest BCUT2D eigenvalue weighted by atomic mass is 32.2. The van der Waals surface area contributed by atoms with Crippen LogP contribution in [-0.4, -0.2) is 213 Å². The zero-order valence-electron chi connectivity index (χ0n) is 39.6. The fraction of sp³-hybridized carbons (Fsp3) is 0.667. The molecule has 2 heterocycles. The Balaban J connectivity index is 1.02. The molecule has 68 heavy (non-hydrogen) atoms. The number of ether oxygens (including phenoxy) is 10. The van der Waals surface area contributed by atoms with Crippen molar-refractivity contribution in [3.8, 4) is 0 Å². The van der Waals surface area contributed by atoms with Crippen molar-refractivity contribution in [2.45, 2.75) is 38.0 Å². The lowest BCUT2D eigenvalue weighted by molar-refractivity contribution is -0.141. The van der Waals surface area contributed by atoms with E-state index in [4.69, 9.17) is 53.1 Å². The number of hydrogen-bond acceptors (Lipinski definition) is 18. The maximum atomic E-state index is 13.2. The van der Waals surface area contributed by atoms with Crippen LogP contribution in [0.2, 0.25) is 0 Å². The molecule has 4 amide bonds. The number of carbonyl (C=O) groups is 4. The molecular weight excluding hydrogens is 913 g/mol. The molecule has 0 saturated heterocycles. The Labute approximate surface area is 400 Å². The smallest absolute Gasteiger partial charge is 0.254 e. The van der Waals surface area contributed by atoms with Crippen molar-refractivity contribution in [1.82, 2.24) is 19.8 Å². The SMILES string of the molecule is CCCN(CCC)C(=O)C1=Cc2ccc(S(=O)(=O)NCCOCCOCCOCCOCCOCCOCCOCCOCCOCCOCCNC(=O)CN3C(=O)C=CC3=O)cc2N=C(N)C1. The first-order chi connectivity index (χ1) is 33.1. The topological polar surface area (TPSA) is 264 Å². The fourth-order valence-corrected chi connectivity index (χ4v) is 7.23. The summed E-state index contributed by atoms with van der Waals surface area (Å²) >= 11 is 0. The summed E-state index contributed by atoms with van der Waals surface area (Å²) < 4.78 is 83.2.